The van der Waals surface area contributed by atoms with Gasteiger partial charge in [0, 0.05) is 25.1 Å². The first kappa shape index (κ1) is 14.0. The quantitative estimate of drug-likeness (QED) is 0.522. The van der Waals surface area contributed by atoms with Gasteiger partial charge in [0.25, 0.3) is 5.91 Å². The molecule has 0 aromatic carbocycles. The Bertz CT molecular complexity index is 583. The van der Waals surface area contributed by atoms with Crippen molar-refractivity contribution in [2.24, 2.45) is 5.84 Å². The fourth-order valence-corrected chi connectivity index (χ4v) is 1.59. The summed E-state index contributed by atoms with van der Waals surface area (Å²) in [5.74, 6) is 5.42. The van der Waals surface area contributed by atoms with Crippen LogP contribution >= 0.6 is 0 Å². The molecule has 0 aliphatic rings. The Morgan fingerprint density at radius 2 is 2.40 bits per heavy atom. The largest absolute Gasteiger partial charge is 0.383 e. The number of aromatic nitrogens is 3. The molecule has 1 amide bonds. The number of hydrazine groups is 1. The minimum atomic E-state index is -0.254. The summed E-state index contributed by atoms with van der Waals surface area (Å²) in [6.07, 6.45) is 4.82. The van der Waals surface area contributed by atoms with Gasteiger partial charge in [-0.25, -0.2) is 10.8 Å². The SMILES string of the molecule is COCCn1cc(NC(=O)c2ccnc(NN)c2)cn1. The molecule has 0 saturated heterocycles. The molecule has 2 aromatic heterocycles. The van der Waals surface area contributed by atoms with Crippen molar-refractivity contribution in [2.45, 2.75) is 6.54 Å². The lowest BCUT2D eigenvalue weighted by Crippen LogP contribution is -2.14. The molecule has 2 rings (SSSR count). The average Bonchev–Trinajstić information content (AvgIpc) is 2.92. The van der Waals surface area contributed by atoms with E-state index >= 15 is 0 Å². The normalized spacial score (nSPS) is 10.3. The highest BCUT2D eigenvalue weighted by atomic mass is 16.5. The van der Waals surface area contributed by atoms with E-state index in [0.29, 0.717) is 30.2 Å². The number of hydrogen-bond donors (Lipinski definition) is 3. The minimum absolute atomic E-state index is 0.254. The predicted octanol–water partition coefficient (Wildman–Crippen LogP) is 0.462. The maximum Gasteiger partial charge on any atom is 0.255 e. The molecule has 0 unspecified atom stereocenters. The lowest BCUT2D eigenvalue weighted by Gasteiger charge is -2.04. The van der Waals surface area contributed by atoms with Gasteiger partial charge < -0.3 is 15.5 Å². The first-order valence-electron chi connectivity index (χ1n) is 5.98. The molecular formula is C12H16N6O2. The van der Waals surface area contributed by atoms with Crippen LogP contribution in [0.4, 0.5) is 11.5 Å². The van der Waals surface area contributed by atoms with E-state index < -0.39 is 0 Å². The molecule has 8 heteroatoms. The van der Waals surface area contributed by atoms with Gasteiger partial charge in [-0.15, -0.1) is 0 Å². The van der Waals surface area contributed by atoms with Gasteiger partial charge in [0.2, 0.25) is 0 Å². The number of nitrogens with zero attached hydrogens (tertiary/aromatic N) is 3. The fourth-order valence-electron chi connectivity index (χ4n) is 1.59. The van der Waals surface area contributed by atoms with Gasteiger partial charge in [-0.2, -0.15) is 5.10 Å². The maximum absolute atomic E-state index is 12.0. The van der Waals surface area contributed by atoms with Crippen molar-refractivity contribution in [1.29, 1.82) is 0 Å². The first-order chi connectivity index (χ1) is 9.72. The zero-order valence-corrected chi connectivity index (χ0v) is 11.0. The second-order valence-electron chi connectivity index (χ2n) is 4.01. The number of amides is 1. The van der Waals surface area contributed by atoms with E-state index in [9.17, 15) is 4.79 Å². The van der Waals surface area contributed by atoms with Crippen LogP contribution < -0.4 is 16.6 Å². The highest BCUT2D eigenvalue weighted by Gasteiger charge is 2.08. The smallest absolute Gasteiger partial charge is 0.255 e. The molecule has 8 nitrogen and oxygen atoms in total. The van der Waals surface area contributed by atoms with Crippen LogP contribution in [0.5, 0.6) is 0 Å². The van der Waals surface area contributed by atoms with Crippen LogP contribution in [-0.2, 0) is 11.3 Å². The number of nitrogens with two attached hydrogens (primary N) is 1. The van der Waals surface area contributed by atoms with Gasteiger partial charge in [0.05, 0.1) is 25.0 Å². The Morgan fingerprint density at radius 1 is 1.55 bits per heavy atom. The molecule has 0 aliphatic heterocycles. The molecule has 0 spiro atoms. The second-order valence-corrected chi connectivity index (χ2v) is 4.01. The van der Waals surface area contributed by atoms with Gasteiger partial charge in [0.1, 0.15) is 5.82 Å². The Balaban J connectivity index is 2.01. The summed E-state index contributed by atoms with van der Waals surface area (Å²) in [5.41, 5.74) is 3.46. The predicted molar refractivity (Wildman–Crippen MR) is 74.1 cm³/mol. The zero-order chi connectivity index (χ0) is 14.4. The summed E-state index contributed by atoms with van der Waals surface area (Å²) >= 11 is 0. The van der Waals surface area contributed by atoms with Crippen LogP contribution in [0.1, 0.15) is 10.4 Å². The monoisotopic (exact) mass is 276 g/mol. The van der Waals surface area contributed by atoms with Gasteiger partial charge in [0.15, 0.2) is 0 Å². The summed E-state index contributed by atoms with van der Waals surface area (Å²) in [7, 11) is 1.62. The van der Waals surface area contributed by atoms with Gasteiger partial charge in [-0.1, -0.05) is 0 Å². The van der Waals surface area contributed by atoms with Gasteiger partial charge in [-0.05, 0) is 12.1 Å². The molecular weight excluding hydrogens is 260 g/mol. The van der Waals surface area contributed by atoms with E-state index in [1.165, 1.54) is 6.20 Å². The number of nitrogen functional groups attached to an aromatic ring is 1. The summed E-state index contributed by atoms with van der Waals surface area (Å²) in [6, 6.07) is 3.16. The highest BCUT2D eigenvalue weighted by molar-refractivity contribution is 6.04. The van der Waals surface area contributed by atoms with Crippen LogP contribution in [0.25, 0.3) is 0 Å². The van der Waals surface area contributed by atoms with Crippen molar-refractivity contribution in [3.8, 4) is 0 Å². The zero-order valence-electron chi connectivity index (χ0n) is 11.0. The van der Waals surface area contributed by atoms with Gasteiger partial charge >= 0.3 is 0 Å². The van der Waals surface area contributed by atoms with Crippen LogP contribution in [0.15, 0.2) is 30.7 Å². The Kier molecular flexibility index (Phi) is 4.64. The second kappa shape index (κ2) is 6.64. The third-order valence-corrected chi connectivity index (χ3v) is 2.59. The van der Waals surface area contributed by atoms with Crippen LogP contribution in [-0.4, -0.2) is 34.4 Å². The van der Waals surface area contributed by atoms with Crippen molar-refractivity contribution >= 4 is 17.4 Å². The number of anilines is 2. The van der Waals surface area contributed by atoms with Crippen molar-refractivity contribution in [3.63, 3.8) is 0 Å². The molecule has 2 heterocycles. The molecule has 0 radical (unpaired) electrons. The molecule has 0 aliphatic carbocycles. The molecule has 20 heavy (non-hydrogen) atoms. The van der Waals surface area contributed by atoms with Crippen molar-refractivity contribution < 1.29 is 9.53 Å². The van der Waals surface area contributed by atoms with Crippen LogP contribution in [0.2, 0.25) is 0 Å². The number of rotatable bonds is 6. The number of carbonyl (C=O) groups is 1. The number of nitrogens with one attached hydrogen (secondary N) is 2. The van der Waals surface area contributed by atoms with E-state index in [0.717, 1.165) is 0 Å². The van der Waals surface area contributed by atoms with E-state index in [-0.39, 0.29) is 5.91 Å². The molecule has 0 fully saturated rings. The molecule has 2 aromatic rings. The topological polar surface area (TPSA) is 107 Å². The number of hydrogen-bond acceptors (Lipinski definition) is 6. The lowest BCUT2D eigenvalue weighted by molar-refractivity contribution is 0.102. The molecule has 4 N–H and O–H groups in total. The number of methoxy groups -OCH3 is 1. The number of carbonyl (C=O) groups excluding carboxylic acids is 1. The number of ether oxygens (including phenoxy) is 1. The van der Waals surface area contributed by atoms with Crippen molar-refractivity contribution in [2.75, 3.05) is 24.5 Å². The van der Waals surface area contributed by atoms with Crippen LogP contribution in [0.3, 0.4) is 0 Å². The fraction of sp³-hybridized carbons (Fsp3) is 0.250. The Labute approximate surface area is 115 Å². The minimum Gasteiger partial charge on any atom is -0.383 e. The Hall–Kier alpha value is -2.45. The average molecular weight is 276 g/mol. The Morgan fingerprint density at radius 3 is 3.15 bits per heavy atom. The van der Waals surface area contributed by atoms with E-state index in [1.54, 1.807) is 36.3 Å². The third kappa shape index (κ3) is 3.53. The maximum atomic E-state index is 12.0. The molecule has 0 bridgehead atoms. The molecule has 0 saturated carbocycles. The highest BCUT2D eigenvalue weighted by Crippen LogP contribution is 2.10. The molecule has 106 valence electrons. The van der Waals surface area contributed by atoms with Crippen LogP contribution in [0, 0.1) is 0 Å². The first-order valence-corrected chi connectivity index (χ1v) is 5.98. The van der Waals surface area contributed by atoms with Gasteiger partial charge in [-0.3, -0.25) is 9.48 Å². The summed E-state index contributed by atoms with van der Waals surface area (Å²) in [6.45, 7) is 1.19. The summed E-state index contributed by atoms with van der Waals surface area (Å²) in [4.78, 5) is 16.0. The summed E-state index contributed by atoms with van der Waals surface area (Å²) in [5, 5.41) is 6.86. The van der Waals surface area contributed by atoms with Crippen molar-refractivity contribution in [3.05, 3.63) is 36.3 Å². The van der Waals surface area contributed by atoms with E-state index in [4.69, 9.17) is 10.6 Å². The van der Waals surface area contributed by atoms with E-state index in [1.807, 2.05) is 0 Å². The van der Waals surface area contributed by atoms with Crippen molar-refractivity contribution in [1.82, 2.24) is 14.8 Å². The van der Waals surface area contributed by atoms with E-state index in [2.05, 4.69) is 20.8 Å². The molecule has 0 atom stereocenters. The lowest BCUT2D eigenvalue weighted by atomic mass is 10.2. The third-order valence-electron chi connectivity index (χ3n) is 2.59. The standard InChI is InChI=1S/C12H16N6O2/c1-20-5-4-18-8-10(7-15-18)16-12(19)9-2-3-14-11(6-9)17-13/h2-3,6-8H,4-5,13H2,1H3,(H,14,17)(H,16,19). The summed E-state index contributed by atoms with van der Waals surface area (Å²) < 4.78 is 6.65. The number of pyridine rings is 1.